The number of hydrogen-bond donors (Lipinski definition) is 1. The van der Waals surface area contributed by atoms with Gasteiger partial charge in [0.05, 0.1) is 11.5 Å². The van der Waals surface area contributed by atoms with Gasteiger partial charge in [0.2, 0.25) is 5.91 Å². The van der Waals surface area contributed by atoms with E-state index in [4.69, 9.17) is 0 Å². The molecule has 0 spiro atoms. The van der Waals surface area contributed by atoms with Gasteiger partial charge in [-0.2, -0.15) is 0 Å². The number of nitrogens with one attached hydrogen (secondary N) is 1. The Labute approximate surface area is 134 Å². The molecule has 0 atom stereocenters. The van der Waals surface area contributed by atoms with Crippen LogP contribution < -0.4 is 5.32 Å². The maximum Gasteiger partial charge on any atom is 0.269 e. The van der Waals surface area contributed by atoms with E-state index in [1.54, 1.807) is 17.0 Å². The molecule has 0 aliphatic heterocycles. The molecule has 2 rings (SSSR count). The Morgan fingerprint density at radius 2 is 1.78 bits per heavy atom. The van der Waals surface area contributed by atoms with E-state index in [0.717, 1.165) is 5.56 Å². The summed E-state index contributed by atoms with van der Waals surface area (Å²) < 4.78 is 0. The van der Waals surface area contributed by atoms with E-state index in [9.17, 15) is 14.9 Å². The predicted molar refractivity (Wildman–Crippen MR) is 89.1 cm³/mol. The highest BCUT2D eigenvalue weighted by atomic mass is 16.6. The first kappa shape index (κ1) is 16.5. The SMILES string of the molecule is CCN(Cc1ccccc1)C(=O)CNc1ccc([N+](=O)[O-])cc1. The Kier molecular flexibility index (Phi) is 5.68. The molecule has 0 saturated carbocycles. The van der Waals surface area contributed by atoms with Gasteiger partial charge in [-0.05, 0) is 24.6 Å². The summed E-state index contributed by atoms with van der Waals surface area (Å²) in [5.41, 5.74) is 1.79. The largest absolute Gasteiger partial charge is 0.376 e. The third kappa shape index (κ3) is 4.81. The van der Waals surface area contributed by atoms with E-state index >= 15 is 0 Å². The van der Waals surface area contributed by atoms with E-state index < -0.39 is 4.92 Å². The van der Waals surface area contributed by atoms with Crippen LogP contribution in [0, 0.1) is 10.1 Å². The average Bonchev–Trinajstić information content (AvgIpc) is 2.58. The topological polar surface area (TPSA) is 75.5 Å². The highest BCUT2D eigenvalue weighted by Gasteiger charge is 2.12. The second kappa shape index (κ2) is 7.93. The van der Waals surface area contributed by atoms with Crippen molar-refractivity contribution in [3.63, 3.8) is 0 Å². The summed E-state index contributed by atoms with van der Waals surface area (Å²) in [5, 5.41) is 13.6. The van der Waals surface area contributed by atoms with Crippen LogP contribution in [0.15, 0.2) is 54.6 Å². The van der Waals surface area contributed by atoms with Crippen molar-refractivity contribution in [1.82, 2.24) is 4.90 Å². The third-order valence-electron chi connectivity index (χ3n) is 3.47. The van der Waals surface area contributed by atoms with Crippen LogP contribution in [-0.2, 0) is 11.3 Å². The number of rotatable bonds is 7. The minimum atomic E-state index is -0.451. The number of amides is 1. The number of hydrogen-bond acceptors (Lipinski definition) is 4. The number of carbonyl (C=O) groups excluding carboxylic acids is 1. The van der Waals surface area contributed by atoms with Crippen molar-refractivity contribution in [2.24, 2.45) is 0 Å². The Balaban J connectivity index is 1.90. The molecule has 1 amide bonds. The van der Waals surface area contributed by atoms with Crippen molar-refractivity contribution in [2.45, 2.75) is 13.5 Å². The van der Waals surface area contributed by atoms with Gasteiger partial charge in [0.15, 0.2) is 0 Å². The number of nitro groups is 1. The molecule has 0 heterocycles. The van der Waals surface area contributed by atoms with Crippen molar-refractivity contribution >= 4 is 17.3 Å². The molecule has 0 bridgehead atoms. The third-order valence-corrected chi connectivity index (χ3v) is 3.47. The summed E-state index contributed by atoms with van der Waals surface area (Å²) in [6.45, 7) is 3.28. The van der Waals surface area contributed by atoms with Crippen LogP contribution in [-0.4, -0.2) is 28.8 Å². The molecule has 1 N–H and O–H groups in total. The van der Waals surface area contributed by atoms with Crippen LogP contribution in [0.1, 0.15) is 12.5 Å². The summed E-state index contributed by atoms with van der Waals surface area (Å²) in [4.78, 5) is 24.2. The van der Waals surface area contributed by atoms with Crippen molar-refractivity contribution in [1.29, 1.82) is 0 Å². The summed E-state index contributed by atoms with van der Waals surface area (Å²) in [6, 6.07) is 15.8. The number of carbonyl (C=O) groups is 1. The Bertz CT molecular complexity index is 657. The molecule has 0 aliphatic rings. The fourth-order valence-corrected chi connectivity index (χ4v) is 2.17. The minimum Gasteiger partial charge on any atom is -0.376 e. The van der Waals surface area contributed by atoms with E-state index in [1.807, 2.05) is 37.3 Å². The van der Waals surface area contributed by atoms with Gasteiger partial charge >= 0.3 is 0 Å². The first-order valence-electron chi connectivity index (χ1n) is 7.40. The summed E-state index contributed by atoms with van der Waals surface area (Å²) in [7, 11) is 0. The second-order valence-corrected chi connectivity index (χ2v) is 5.05. The number of benzene rings is 2. The zero-order valence-corrected chi connectivity index (χ0v) is 12.9. The van der Waals surface area contributed by atoms with E-state index in [0.29, 0.717) is 18.8 Å². The van der Waals surface area contributed by atoms with E-state index in [2.05, 4.69) is 5.32 Å². The Hall–Kier alpha value is -2.89. The monoisotopic (exact) mass is 313 g/mol. The van der Waals surface area contributed by atoms with Crippen LogP contribution >= 0.6 is 0 Å². The molecule has 0 fully saturated rings. The number of nitro benzene ring substituents is 1. The van der Waals surface area contributed by atoms with Gasteiger partial charge in [0.25, 0.3) is 5.69 Å². The molecular formula is C17H19N3O3. The average molecular weight is 313 g/mol. The maximum atomic E-state index is 12.3. The Morgan fingerprint density at radius 1 is 1.13 bits per heavy atom. The molecule has 0 unspecified atom stereocenters. The van der Waals surface area contributed by atoms with Gasteiger partial charge in [-0.15, -0.1) is 0 Å². The molecule has 0 aliphatic carbocycles. The number of likely N-dealkylation sites (N-methyl/N-ethyl adjacent to an activating group) is 1. The van der Waals surface area contributed by atoms with Gasteiger partial charge < -0.3 is 10.2 Å². The zero-order valence-electron chi connectivity index (χ0n) is 12.9. The molecular weight excluding hydrogens is 294 g/mol. The molecule has 0 aromatic heterocycles. The van der Waals surface area contributed by atoms with Crippen LogP contribution in [0.5, 0.6) is 0 Å². The molecule has 120 valence electrons. The van der Waals surface area contributed by atoms with Gasteiger partial charge in [-0.1, -0.05) is 30.3 Å². The van der Waals surface area contributed by atoms with Crippen LogP contribution in [0.4, 0.5) is 11.4 Å². The molecule has 6 nitrogen and oxygen atoms in total. The number of nitrogens with zero attached hydrogens (tertiary/aromatic N) is 2. The summed E-state index contributed by atoms with van der Waals surface area (Å²) in [5.74, 6) is -0.0188. The normalized spacial score (nSPS) is 10.1. The van der Waals surface area contributed by atoms with E-state index in [-0.39, 0.29) is 18.1 Å². The lowest BCUT2D eigenvalue weighted by Gasteiger charge is -2.21. The molecule has 2 aromatic carbocycles. The van der Waals surface area contributed by atoms with Gasteiger partial charge in [-0.25, -0.2) is 0 Å². The quantitative estimate of drug-likeness (QED) is 0.629. The lowest BCUT2D eigenvalue weighted by atomic mass is 10.2. The fraction of sp³-hybridized carbons (Fsp3) is 0.235. The van der Waals surface area contributed by atoms with Gasteiger partial charge in [-0.3, -0.25) is 14.9 Å². The molecule has 23 heavy (non-hydrogen) atoms. The number of non-ortho nitro benzene ring substituents is 1. The summed E-state index contributed by atoms with van der Waals surface area (Å²) in [6.07, 6.45) is 0. The number of anilines is 1. The highest BCUT2D eigenvalue weighted by Crippen LogP contribution is 2.15. The van der Waals surface area contributed by atoms with Gasteiger partial charge in [0, 0.05) is 30.9 Å². The van der Waals surface area contributed by atoms with Crippen LogP contribution in [0.2, 0.25) is 0 Å². The van der Waals surface area contributed by atoms with Crippen LogP contribution in [0.25, 0.3) is 0 Å². The maximum absolute atomic E-state index is 12.3. The molecule has 6 heteroatoms. The standard InChI is InChI=1S/C17H19N3O3/c1-2-19(13-14-6-4-3-5-7-14)17(21)12-18-15-8-10-16(11-9-15)20(22)23/h3-11,18H,2,12-13H2,1H3. The fourth-order valence-electron chi connectivity index (χ4n) is 2.17. The van der Waals surface area contributed by atoms with Crippen molar-refractivity contribution < 1.29 is 9.72 Å². The van der Waals surface area contributed by atoms with Crippen molar-refractivity contribution in [3.05, 3.63) is 70.3 Å². The molecule has 0 saturated heterocycles. The highest BCUT2D eigenvalue weighted by molar-refractivity contribution is 5.80. The smallest absolute Gasteiger partial charge is 0.269 e. The first-order valence-corrected chi connectivity index (χ1v) is 7.40. The predicted octanol–water partition coefficient (Wildman–Crippen LogP) is 3.06. The van der Waals surface area contributed by atoms with Gasteiger partial charge in [0.1, 0.15) is 0 Å². The Morgan fingerprint density at radius 3 is 2.35 bits per heavy atom. The molecule has 0 radical (unpaired) electrons. The first-order chi connectivity index (χ1) is 11.1. The van der Waals surface area contributed by atoms with Crippen molar-refractivity contribution in [3.8, 4) is 0 Å². The summed E-state index contributed by atoms with van der Waals surface area (Å²) >= 11 is 0. The van der Waals surface area contributed by atoms with Crippen LogP contribution in [0.3, 0.4) is 0 Å². The second-order valence-electron chi connectivity index (χ2n) is 5.05. The van der Waals surface area contributed by atoms with E-state index in [1.165, 1.54) is 12.1 Å². The lowest BCUT2D eigenvalue weighted by molar-refractivity contribution is -0.384. The minimum absolute atomic E-state index is 0.0188. The molecule has 2 aromatic rings. The lowest BCUT2D eigenvalue weighted by Crippen LogP contribution is -2.34. The van der Waals surface area contributed by atoms with Crippen molar-refractivity contribution in [2.75, 3.05) is 18.4 Å². The zero-order chi connectivity index (χ0) is 16.7.